The summed E-state index contributed by atoms with van der Waals surface area (Å²) >= 11 is 0. The fourth-order valence-corrected chi connectivity index (χ4v) is 4.87. The molecule has 3 aliphatic rings. The first kappa shape index (κ1) is 25.4. The van der Waals surface area contributed by atoms with Crippen molar-refractivity contribution in [1.82, 2.24) is 19.5 Å². The van der Waals surface area contributed by atoms with E-state index in [-0.39, 0.29) is 17.8 Å². The van der Waals surface area contributed by atoms with Crippen LogP contribution < -0.4 is 5.73 Å². The van der Waals surface area contributed by atoms with E-state index in [0.717, 1.165) is 7.11 Å². The molecule has 5 heterocycles. The number of fused-ring (bicyclic) bond motifs is 3. The average molecular weight is 521 g/mol. The van der Waals surface area contributed by atoms with E-state index in [9.17, 15) is 24.9 Å². The molecule has 3 fully saturated rings. The Morgan fingerprint density at radius 3 is 2.70 bits per heavy atom. The largest absolute Gasteiger partial charge is 0.467 e. The maximum Gasteiger partial charge on any atom is 0.337 e. The molecule has 15 heteroatoms. The Bertz CT molecular complexity index is 1250. The molecule has 5 rings (SSSR count). The van der Waals surface area contributed by atoms with Crippen molar-refractivity contribution >= 4 is 28.9 Å². The quantitative estimate of drug-likeness (QED) is 0.262. The molecule has 0 radical (unpaired) electrons. The van der Waals surface area contributed by atoms with Crippen LogP contribution in [0.2, 0.25) is 0 Å². The number of rotatable bonds is 4. The molecule has 0 bridgehead atoms. The van der Waals surface area contributed by atoms with E-state index < -0.39 is 66.7 Å². The second kappa shape index (κ2) is 9.27. The van der Waals surface area contributed by atoms with Gasteiger partial charge in [-0.1, -0.05) is 6.08 Å². The predicted molar refractivity (Wildman–Crippen MR) is 120 cm³/mol. The third-order valence-corrected chi connectivity index (χ3v) is 6.96. The van der Waals surface area contributed by atoms with Crippen LogP contribution in [-0.4, -0.2) is 102 Å². The number of imidazole rings is 1. The highest BCUT2D eigenvalue weighted by Gasteiger charge is 2.67. The van der Waals surface area contributed by atoms with E-state index in [1.54, 1.807) is 6.92 Å². The van der Waals surface area contributed by atoms with Gasteiger partial charge in [0.15, 0.2) is 29.9 Å². The minimum absolute atomic E-state index is 0.0880. The number of esters is 2. The third-order valence-electron chi connectivity index (χ3n) is 6.96. The lowest BCUT2D eigenvalue weighted by atomic mass is 9.84. The Balaban J connectivity index is 1.48. The van der Waals surface area contributed by atoms with Crippen LogP contribution in [0.3, 0.4) is 0 Å². The maximum atomic E-state index is 12.6. The molecule has 0 amide bonds. The van der Waals surface area contributed by atoms with Gasteiger partial charge < -0.3 is 44.7 Å². The number of hydrogen-bond acceptors (Lipinski definition) is 14. The maximum absolute atomic E-state index is 12.6. The van der Waals surface area contributed by atoms with Crippen molar-refractivity contribution in [3.8, 4) is 0 Å². The van der Waals surface area contributed by atoms with Crippen LogP contribution in [0.5, 0.6) is 0 Å². The van der Waals surface area contributed by atoms with Gasteiger partial charge >= 0.3 is 11.9 Å². The minimum Gasteiger partial charge on any atom is -0.467 e. The lowest BCUT2D eigenvalue weighted by Crippen LogP contribution is -2.73. The molecule has 2 aromatic rings. The molecular formula is C22H27N5O10. The number of aliphatic hydroxyl groups is 3. The lowest BCUT2D eigenvalue weighted by molar-refractivity contribution is -0.396. The molecule has 3 aliphatic heterocycles. The zero-order chi connectivity index (χ0) is 26.6. The number of methoxy groups -OCH3 is 1. The molecule has 0 aromatic carbocycles. The van der Waals surface area contributed by atoms with Crippen molar-refractivity contribution in [3.05, 3.63) is 24.3 Å². The van der Waals surface area contributed by atoms with Crippen LogP contribution >= 0.6 is 0 Å². The van der Waals surface area contributed by atoms with E-state index in [2.05, 4.69) is 15.0 Å². The summed E-state index contributed by atoms with van der Waals surface area (Å²) in [6.07, 6.45) is -6.84. The van der Waals surface area contributed by atoms with Gasteiger partial charge in [-0.2, -0.15) is 0 Å². The molecule has 15 nitrogen and oxygen atoms in total. The lowest BCUT2D eigenvalue weighted by Gasteiger charge is -2.52. The second-order valence-electron chi connectivity index (χ2n) is 9.07. The molecular weight excluding hydrogens is 494 g/mol. The van der Waals surface area contributed by atoms with Gasteiger partial charge in [0.2, 0.25) is 5.79 Å². The summed E-state index contributed by atoms with van der Waals surface area (Å²) in [4.78, 5) is 37.1. The van der Waals surface area contributed by atoms with Gasteiger partial charge in [-0.05, 0) is 13.8 Å². The molecule has 1 unspecified atom stereocenters. The van der Waals surface area contributed by atoms with Crippen molar-refractivity contribution in [2.24, 2.45) is 0 Å². The minimum atomic E-state index is -2.43. The van der Waals surface area contributed by atoms with Gasteiger partial charge in [0, 0.05) is 12.0 Å². The summed E-state index contributed by atoms with van der Waals surface area (Å²) in [6, 6.07) is 0. The highest BCUT2D eigenvalue weighted by atomic mass is 16.7. The van der Waals surface area contributed by atoms with Crippen LogP contribution in [0, 0.1) is 0 Å². The topological polar surface area (TPSA) is 211 Å². The van der Waals surface area contributed by atoms with E-state index >= 15 is 0 Å². The number of aromatic nitrogens is 4. The number of hydrogen-bond donors (Lipinski definition) is 4. The molecule has 2 aromatic heterocycles. The van der Waals surface area contributed by atoms with Crippen LogP contribution in [0.4, 0.5) is 5.82 Å². The van der Waals surface area contributed by atoms with Crippen LogP contribution in [0.1, 0.15) is 26.5 Å². The number of allylic oxidation sites excluding steroid dienone is 1. The summed E-state index contributed by atoms with van der Waals surface area (Å²) < 4.78 is 29.2. The summed E-state index contributed by atoms with van der Waals surface area (Å²) in [7, 11) is 1.10. The highest BCUT2D eigenvalue weighted by Crippen LogP contribution is 2.47. The fraction of sp³-hybridized carbons (Fsp3) is 0.591. The number of aliphatic hydroxyl groups excluding tert-OH is 2. The van der Waals surface area contributed by atoms with E-state index in [1.165, 1.54) is 30.2 Å². The van der Waals surface area contributed by atoms with Crippen molar-refractivity contribution in [3.63, 3.8) is 0 Å². The fourth-order valence-electron chi connectivity index (χ4n) is 4.87. The zero-order valence-corrected chi connectivity index (χ0v) is 20.1. The van der Waals surface area contributed by atoms with Crippen molar-refractivity contribution in [1.29, 1.82) is 0 Å². The number of carbonyl (C=O) groups is 2. The van der Waals surface area contributed by atoms with E-state index in [0.29, 0.717) is 11.2 Å². The zero-order valence-electron chi connectivity index (χ0n) is 20.1. The van der Waals surface area contributed by atoms with Crippen LogP contribution in [0.15, 0.2) is 24.3 Å². The second-order valence-corrected chi connectivity index (χ2v) is 9.07. The third kappa shape index (κ3) is 3.94. The molecule has 0 aliphatic carbocycles. The molecule has 9 atom stereocenters. The van der Waals surface area contributed by atoms with Crippen LogP contribution in [-0.2, 0) is 33.3 Å². The van der Waals surface area contributed by atoms with E-state index in [1.807, 2.05) is 0 Å². The Labute approximate surface area is 209 Å². The molecule has 0 saturated carbocycles. The SMILES string of the molecule is C/C=C(\C)C(=O)O[C@@H]1[C@H](O)[C@@H](C(=O)OC)O[C@@H]2C[C@H]3OC(n4cnc5c(N)ncnc54)[C@H](O)[C@@H]3O[C@@]12O. The Kier molecular flexibility index (Phi) is 6.37. The normalized spacial score (nSPS) is 37.6. The van der Waals surface area contributed by atoms with Gasteiger partial charge in [-0.15, -0.1) is 0 Å². The average Bonchev–Trinajstić information content (AvgIpc) is 3.45. The van der Waals surface area contributed by atoms with Gasteiger partial charge in [-0.3, -0.25) is 4.57 Å². The standard InChI is InChI=1S/C22H27N5O10/c1-4-8(2)20(30)36-16-12(28)15(21(31)33-3)35-10-5-9-14(37-22(10,16)32)13(29)19(34-9)27-7-26-11-17(23)24-6-25-18(11)27/h4,6-7,9-10,12-16,19,28-29,32H,5H2,1-3H3,(H2,23,24,25)/b8-4+/t9-,10-,12-,13-,14-,15+,16-,19?,22-/m1/s1. The molecule has 200 valence electrons. The molecule has 3 saturated heterocycles. The summed E-state index contributed by atoms with van der Waals surface area (Å²) in [6.45, 7) is 3.09. The number of ether oxygens (including phenoxy) is 5. The first-order chi connectivity index (χ1) is 17.6. The Morgan fingerprint density at radius 1 is 1.24 bits per heavy atom. The van der Waals surface area contributed by atoms with Gasteiger partial charge in [-0.25, -0.2) is 24.5 Å². The van der Waals surface area contributed by atoms with Gasteiger partial charge in [0.1, 0.15) is 36.3 Å². The first-order valence-corrected chi connectivity index (χ1v) is 11.5. The first-order valence-electron chi connectivity index (χ1n) is 11.5. The molecule has 37 heavy (non-hydrogen) atoms. The van der Waals surface area contributed by atoms with Crippen molar-refractivity contribution < 1.29 is 48.6 Å². The van der Waals surface area contributed by atoms with Gasteiger partial charge in [0.05, 0.1) is 19.5 Å². The highest BCUT2D eigenvalue weighted by molar-refractivity contribution is 5.88. The van der Waals surface area contributed by atoms with E-state index in [4.69, 9.17) is 29.4 Å². The number of carbonyl (C=O) groups excluding carboxylic acids is 2. The Morgan fingerprint density at radius 2 is 2.00 bits per heavy atom. The Hall–Kier alpha value is -3.21. The summed E-state index contributed by atoms with van der Waals surface area (Å²) in [5.74, 6) is -4.08. The van der Waals surface area contributed by atoms with Crippen LogP contribution in [0.25, 0.3) is 11.2 Å². The smallest absolute Gasteiger partial charge is 0.337 e. The molecule has 5 N–H and O–H groups in total. The predicted octanol–water partition coefficient (Wildman–Crippen LogP) is -1.68. The summed E-state index contributed by atoms with van der Waals surface area (Å²) in [5, 5.41) is 33.7. The number of nitrogens with two attached hydrogens (primary N) is 1. The van der Waals surface area contributed by atoms with Crippen molar-refractivity contribution in [2.45, 2.75) is 75.0 Å². The van der Waals surface area contributed by atoms with Gasteiger partial charge in [0.25, 0.3) is 0 Å². The molecule has 0 spiro atoms. The number of nitrogen functional groups attached to an aromatic ring is 1. The van der Waals surface area contributed by atoms with Crippen molar-refractivity contribution in [2.75, 3.05) is 12.8 Å². The monoisotopic (exact) mass is 521 g/mol. The number of anilines is 1. The number of nitrogens with zero attached hydrogens (tertiary/aromatic N) is 4. The summed E-state index contributed by atoms with van der Waals surface area (Å²) in [5.41, 5.74) is 6.66.